The molecule has 0 fully saturated rings. The summed E-state index contributed by atoms with van der Waals surface area (Å²) in [7, 11) is 0. The monoisotopic (exact) mass is 323 g/mol. The minimum Gasteiger partial charge on any atom is -0.508 e. The minimum atomic E-state index is -1.04. The first-order chi connectivity index (χ1) is 11.1. The summed E-state index contributed by atoms with van der Waals surface area (Å²) in [5.74, 6) is -0.861. The predicted octanol–water partition coefficient (Wildman–Crippen LogP) is 4.38. The third kappa shape index (κ3) is 3.46. The summed E-state index contributed by atoms with van der Waals surface area (Å²) >= 11 is 1.32. The summed E-state index contributed by atoms with van der Waals surface area (Å²) in [5.41, 5.74) is 1.70. The summed E-state index contributed by atoms with van der Waals surface area (Å²) in [6.07, 6.45) is 3.54. The van der Waals surface area contributed by atoms with E-state index in [2.05, 4.69) is 4.98 Å². The molecule has 0 saturated heterocycles. The van der Waals surface area contributed by atoms with Crippen LogP contribution in [0.2, 0.25) is 0 Å². The Morgan fingerprint density at radius 1 is 1.04 bits per heavy atom. The Morgan fingerprint density at radius 3 is 2.52 bits per heavy atom. The van der Waals surface area contributed by atoms with Crippen molar-refractivity contribution in [3.8, 4) is 16.2 Å². The maximum absolute atomic E-state index is 11.4. The topological polar surface area (TPSA) is 70.4 Å². The first kappa shape index (κ1) is 15.0. The lowest BCUT2D eigenvalue weighted by Crippen LogP contribution is -1.98. The molecule has 0 saturated carbocycles. The Hall–Kier alpha value is -2.92. The van der Waals surface area contributed by atoms with Crippen LogP contribution in [0, 0.1) is 0 Å². The highest BCUT2D eigenvalue weighted by atomic mass is 32.1. The van der Waals surface area contributed by atoms with Gasteiger partial charge in [-0.1, -0.05) is 48.5 Å². The molecule has 2 N–H and O–H groups in total. The maximum Gasteiger partial charge on any atom is 0.356 e. The van der Waals surface area contributed by atoms with Crippen molar-refractivity contribution >= 4 is 29.5 Å². The van der Waals surface area contributed by atoms with Crippen LogP contribution in [0.1, 0.15) is 21.1 Å². The van der Waals surface area contributed by atoms with Gasteiger partial charge in [0.25, 0.3) is 0 Å². The van der Waals surface area contributed by atoms with E-state index in [4.69, 9.17) is 0 Å². The Labute approximate surface area is 137 Å². The van der Waals surface area contributed by atoms with Gasteiger partial charge in [0.2, 0.25) is 0 Å². The number of carboxylic acids is 1. The molecule has 0 radical (unpaired) electrons. The fraction of sp³-hybridized carbons (Fsp3) is 0. The summed E-state index contributed by atoms with van der Waals surface area (Å²) in [4.78, 5) is 16.2. The second-order valence-corrected chi connectivity index (χ2v) is 5.86. The van der Waals surface area contributed by atoms with E-state index < -0.39 is 5.97 Å². The van der Waals surface area contributed by atoms with Crippen molar-refractivity contribution in [3.63, 3.8) is 0 Å². The van der Waals surface area contributed by atoms with E-state index >= 15 is 0 Å². The molecule has 2 aromatic carbocycles. The van der Waals surface area contributed by atoms with Crippen molar-refractivity contribution in [2.24, 2.45) is 0 Å². The molecule has 0 amide bonds. The molecule has 1 aromatic heterocycles. The van der Waals surface area contributed by atoms with Crippen LogP contribution >= 0.6 is 11.3 Å². The van der Waals surface area contributed by atoms with E-state index in [0.29, 0.717) is 9.88 Å². The third-order valence-electron chi connectivity index (χ3n) is 3.17. The average molecular weight is 323 g/mol. The summed E-state index contributed by atoms with van der Waals surface area (Å²) in [6, 6.07) is 16.1. The molecule has 0 atom stereocenters. The molecule has 4 nitrogen and oxygen atoms in total. The molecule has 0 aliphatic carbocycles. The van der Waals surface area contributed by atoms with Crippen LogP contribution < -0.4 is 0 Å². The quantitative estimate of drug-likeness (QED) is 0.747. The molecule has 23 heavy (non-hydrogen) atoms. The fourth-order valence-corrected chi connectivity index (χ4v) is 3.10. The van der Waals surface area contributed by atoms with Gasteiger partial charge in [-0.15, -0.1) is 11.3 Å². The van der Waals surface area contributed by atoms with Crippen LogP contribution in [0.5, 0.6) is 5.75 Å². The number of aromatic carboxylic acids is 1. The first-order valence-corrected chi connectivity index (χ1v) is 7.72. The van der Waals surface area contributed by atoms with Crippen molar-refractivity contribution in [2.45, 2.75) is 0 Å². The van der Waals surface area contributed by atoms with Gasteiger partial charge in [0, 0.05) is 0 Å². The van der Waals surface area contributed by atoms with Crippen LogP contribution in [-0.4, -0.2) is 21.2 Å². The van der Waals surface area contributed by atoms with Gasteiger partial charge >= 0.3 is 5.97 Å². The van der Waals surface area contributed by atoms with E-state index in [1.165, 1.54) is 11.3 Å². The standard InChI is InChI=1S/C18H13NO3S/c20-14-8-4-5-12(11-14)9-10-15-19-16(18(21)22)17(23-15)13-6-2-1-3-7-13/h1-11,20H,(H,21,22)/b10-9+. The minimum absolute atomic E-state index is 0.0526. The zero-order chi connectivity index (χ0) is 16.2. The Bertz CT molecular complexity index is 869. The number of phenols is 1. The number of rotatable bonds is 4. The van der Waals surface area contributed by atoms with Crippen molar-refractivity contribution in [1.29, 1.82) is 0 Å². The second-order valence-electron chi connectivity index (χ2n) is 4.83. The van der Waals surface area contributed by atoms with Crippen LogP contribution in [0.25, 0.3) is 22.6 Å². The molecule has 3 rings (SSSR count). The summed E-state index contributed by atoms with van der Waals surface area (Å²) < 4.78 is 0. The second kappa shape index (κ2) is 6.46. The SMILES string of the molecule is O=C(O)c1nc(/C=C/c2cccc(O)c2)sc1-c1ccccc1. The molecule has 0 unspecified atom stereocenters. The number of carbonyl (C=O) groups is 1. The number of hydrogen-bond acceptors (Lipinski definition) is 4. The van der Waals surface area contributed by atoms with Gasteiger partial charge < -0.3 is 10.2 Å². The van der Waals surface area contributed by atoms with Gasteiger partial charge in [0.1, 0.15) is 10.8 Å². The molecule has 0 aliphatic rings. The number of nitrogens with zero attached hydrogens (tertiary/aromatic N) is 1. The molecule has 0 bridgehead atoms. The molecule has 114 valence electrons. The van der Waals surface area contributed by atoms with Crippen LogP contribution in [0.3, 0.4) is 0 Å². The zero-order valence-electron chi connectivity index (χ0n) is 12.0. The van der Waals surface area contributed by atoms with Gasteiger partial charge in [-0.2, -0.15) is 0 Å². The molecular weight excluding hydrogens is 310 g/mol. The number of thiazole rings is 1. The molecule has 0 aliphatic heterocycles. The third-order valence-corrected chi connectivity index (χ3v) is 4.24. The highest BCUT2D eigenvalue weighted by Gasteiger charge is 2.17. The van der Waals surface area contributed by atoms with E-state index in [9.17, 15) is 15.0 Å². The lowest BCUT2D eigenvalue weighted by atomic mass is 10.1. The number of benzene rings is 2. The Kier molecular flexibility index (Phi) is 4.21. The predicted molar refractivity (Wildman–Crippen MR) is 91.5 cm³/mol. The maximum atomic E-state index is 11.4. The number of aromatic nitrogens is 1. The van der Waals surface area contributed by atoms with Gasteiger partial charge in [-0.3, -0.25) is 0 Å². The van der Waals surface area contributed by atoms with Crippen LogP contribution in [0.4, 0.5) is 0 Å². The van der Waals surface area contributed by atoms with Gasteiger partial charge in [0.15, 0.2) is 5.69 Å². The van der Waals surface area contributed by atoms with Crippen LogP contribution in [-0.2, 0) is 0 Å². The largest absolute Gasteiger partial charge is 0.508 e. The number of aromatic hydroxyl groups is 1. The molecule has 5 heteroatoms. The van der Waals surface area contributed by atoms with Crippen LogP contribution in [0.15, 0.2) is 54.6 Å². The Morgan fingerprint density at radius 2 is 1.83 bits per heavy atom. The highest BCUT2D eigenvalue weighted by Crippen LogP contribution is 2.31. The lowest BCUT2D eigenvalue weighted by molar-refractivity contribution is 0.0692. The first-order valence-electron chi connectivity index (χ1n) is 6.90. The van der Waals surface area contributed by atoms with Gasteiger partial charge in [-0.25, -0.2) is 9.78 Å². The van der Waals surface area contributed by atoms with E-state index in [1.54, 1.807) is 30.4 Å². The molecule has 1 heterocycles. The van der Waals surface area contributed by atoms with Gasteiger partial charge in [0.05, 0.1) is 4.88 Å². The van der Waals surface area contributed by atoms with E-state index in [1.807, 2.05) is 36.4 Å². The van der Waals surface area contributed by atoms with Crippen molar-refractivity contribution < 1.29 is 15.0 Å². The Balaban J connectivity index is 1.97. The normalized spacial score (nSPS) is 11.0. The summed E-state index contributed by atoms with van der Waals surface area (Å²) in [6.45, 7) is 0. The number of hydrogen-bond donors (Lipinski definition) is 2. The molecule has 0 spiro atoms. The van der Waals surface area contributed by atoms with E-state index in [0.717, 1.165) is 11.1 Å². The number of carboxylic acid groups (broad SMARTS) is 1. The van der Waals surface area contributed by atoms with Crippen molar-refractivity contribution in [1.82, 2.24) is 4.98 Å². The van der Waals surface area contributed by atoms with E-state index in [-0.39, 0.29) is 11.4 Å². The van der Waals surface area contributed by atoms with Crippen molar-refractivity contribution in [3.05, 3.63) is 70.9 Å². The zero-order valence-corrected chi connectivity index (χ0v) is 12.8. The highest BCUT2D eigenvalue weighted by molar-refractivity contribution is 7.16. The number of phenolic OH excluding ortho intramolecular Hbond substituents is 1. The average Bonchev–Trinajstić information content (AvgIpc) is 2.98. The molecule has 3 aromatic rings. The summed E-state index contributed by atoms with van der Waals surface area (Å²) in [5, 5.41) is 19.4. The fourth-order valence-electron chi connectivity index (χ4n) is 2.13. The smallest absolute Gasteiger partial charge is 0.356 e. The molecular formula is C18H13NO3S. The van der Waals surface area contributed by atoms with Gasteiger partial charge in [-0.05, 0) is 29.3 Å². The van der Waals surface area contributed by atoms with Crippen molar-refractivity contribution in [2.75, 3.05) is 0 Å². The lowest BCUT2D eigenvalue weighted by Gasteiger charge is -1.97.